The van der Waals surface area contributed by atoms with Crippen molar-refractivity contribution in [2.24, 2.45) is 56.7 Å². The molecule has 14 atom stereocenters. The van der Waals surface area contributed by atoms with Crippen LogP contribution >= 0.6 is 0 Å². The number of ether oxygens (including phenoxy) is 4. The second kappa shape index (κ2) is 12.6. The van der Waals surface area contributed by atoms with Crippen molar-refractivity contribution in [2.75, 3.05) is 39.3 Å². The molecule has 8 aliphatic rings. The summed E-state index contributed by atoms with van der Waals surface area (Å²) in [6.45, 7) is 30.1. The van der Waals surface area contributed by atoms with Gasteiger partial charge in [0.25, 0.3) is 0 Å². The molecule has 9 heteroatoms. The first-order valence-corrected chi connectivity index (χ1v) is 21.6. The molecule has 0 aromatic rings. The summed E-state index contributed by atoms with van der Waals surface area (Å²) in [5, 5.41) is 23.7. The fourth-order valence-electron chi connectivity index (χ4n) is 15.3. The van der Waals surface area contributed by atoms with E-state index in [0.717, 1.165) is 51.4 Å². The lowest BCUT2D eigenvalue weighted by molar-refractivity contribution is -0.250. The molecule has 5 saturated carbocycles. The maximum absolute atomic E-state index is 12.6. The normalized spacial score (nSPS) is 49.0. The second-order valence-electron chi connectivity index (χ2n) is 22.4. The van der Waals surface area contributed by atoms with Gasteiger partial charge in [0.2, 0.25) is 0 Å². The van der Waals surface area contributed by atoms with Crippen LogP contribution in [0.3, 0.4) is 0 Å². The summed E-state index contributed by atoms with van der Waals surface area (Å²) in [6.07, 6.45) is 6.83. The van der Waals surface area contributed by atoms with Gasteiger partial charge in [-0.3, -0.25) is 14.6 Å². The average Bonchev–Trinajstić information content (AvgIpc) is 3.66. The SMILES string of the molecule is CC(=O)O[C@@H](C1C[C@@H](C)[C@H]2C(O1)[C@H](O)[C@@]1(C)C3CC[C@H]4C(C)(C)[C@@H](O[C@H]5CN(CC6CN(C(C)(C)C)C6)CCO5)CC[C@@]45C[C@@]35CC[C@]21C)C(C)(C)O. The van der Waals surface area contributed by atoms with Crippen LogP contribution < -0.4 is 0 Å². The largest absolute Gasteiger partial charge is 0.457 e. The number of hydrogen-bond donors (Lipinski definition) is 2. The van der Waals surface area contributed by atoms with Crippen LogP contribution in [0, 0.1) is 56.7 Å². The number of carbonyl (C=O) groups excluding carboxylic acids is 1. The molecule has 0 bridgehead atoms. The van der Waals surface area contributed by atoms with E-state index in [1.807, 2.05) is 0 Å². The van der Waals surface area contributed by atoms with E-state index in [4.69, 9.17) is 18.9 Å². The molecule has 0 amide bonds. The predicted molar refractivity (Wildman–Crippen MR) is 204 cm³/mol. The van der Waals surface area contributed by atoms with Crippen molar-refractivity contribution >= 4 is 5.97 Å². The lowest BCUT2D eigenvalue weighted by Crippen LogP contribution is -2.61. The molecule has 2 spiro atoms. The topological polar surface area (TPSA) is 101 Å². The number of aliphatic hydroxyl groups excluding tert-OH is 1. The summed E-state index contributed by atoms with van der Waals surface area (Å²) in [7, 11) is 0. The van der Waals surface area contributed by atoms with Gasteiger partial charge in [-0.1, -0.05) is 34.6 Å². The van der Waals surface area contributed by atoms with Gasteiger partial charge in [-0.05, 0) is 137 Å². The van der Waals surface area contributed by atoms with Gasteiger partial charge < -0.3 is 29.2 Å². The van der Waals surface area contributed by atoms with E-state index in [0.29, 0.717) is 23.7 Å². The van der Waals surface area contributed by atoms with E-state index in [2.05, 4.69) is 65.2 Å². The first-order chi connectivity index (χ1) is 24.6. The molecule has 3 saturated heterocycles. The zero-order valence-electron chi connectivity index (χ0n) is 35.1. The highest BCUT2D eigenvalue weighted by atomic mass is 16.7. The van der Waals surface area contributed by atoms with Gasteiger partial charge in [-0.25, -0.2) is 0 Å². The first kappa shape index (κ1) is 39.0. The Morgan fingerprint density at radius 3 is 2.30 bits per heavy atom. The minimum absolute atomic E-state index is 0.0514. The molecular weight excluding hydrogens is 668 g/mol. The fourth-order valence-corrected chi connectivity index (χ4v) is 15.3. The van der Waals surface area contributed by atoms with Crippen molar-refractivity contribution in [3.05, 3.63) is 0 Å². The summed E-state index contributed by atoms with van der Waals surface area (Å²) >= 11 is 0. The molecule has 3 unspecified atom stereocenters. The van der Waals surface area contributed by atoms with Gasteiger partial charge in [0, 0.05) is 50.6 Å². The summed E-state index contributed by atoms with van der Waals surface area (Å²) in [6, 6.07) is 0. The lowest BCUT2D eigenvalue weighted by atomic mass is 9.41. The number of rotatable bonds is 7. The fraction of sp³-hybridized carbons (Fsp3) is 0.977. The van der Waals surface area contributed by atoms with Gasteiger partial charge in [-0.2, -0.15) is 0 Å². The van der Waals surface area contributed by atoms with Crippen molar-refractivity contribution in [1.82, 2.24) is 9.80 Å². The highest BCUT2D eigenvalue weighted by Gasteiger charge is 2.84. The van der Waals surface area contributed by atoms with Crippen LogP contribution in [0.25, 0.3) is 0 Å². The van der Waals surface area contributed by atoms with Crippen molar-refractivity contribution in [2.45, 2.75) is 175 Å². The molecule has 0 aromatic carbocycles. The molecule has 302 valence electrons. The molecule has 2 N–H and O–H groups in total. The Hall–Kier alpha value is -0.810. The van der Waals surface area contributed by atoms with E-state index < -0.39 is 29.9 Å². The number of nitrogens with zero attached hydrogens (tertiary/aromatic N) is 2. The molecule has 0 aromatic heterocycles. The van der Waals surface area contributed by atoms with E-state index in [9.17, 15) is 15.0 Å². The van der Waals surface area contributed by atoms with E-state index in [1.165, 1.54) is 45.7 Å². The lowest BCUT2D eigenvalue weighted by Gasteiger charge is -2.64. The molecule has 9 nitrogen and oxygen atoms in total. The summed E-state index contributed by atoms with van der Waals surface area (Å²) < 4.78 is 26.0. The highest BCUT2D eigenvalue weighted by Crippen LogP contribution is 2.89. The van der Waals surface area contributed by atoms with Gasteiger partial charge in [0.15, 0.2) is 12.4 Å². The van der Waals surface area contributed by atoms with Crippen LogP contribution in [-0.2, 0) is 23.7 Å². The smallest absolute Gasteiger partial charge is 0.303 e. The Balaban J connectivity index is 0.966. The Bertz CT molecular complexity index is 1420. The molecule has 5 aliphatic carbocycles. The Kier molecular flexibility index (Phi) is 9.28. The van der Waals surface area contributed by atoms with Crippen LogP contribution in [-0.4, -0.2) is 113 Å². The third-order valence-electron chi connectivity index (χ3n) is 17.9. The average molecular weight is 743 g/mol. The van der Waals surface area contributed by atoms with Crippen LogP contribution in [0.2, 0.25) is 0 Å². The Morgan fingerprint density at radius 2 is 1.64 bits per heavy atom. The Morgan fingerprint density at radius 1 is 0.962 bits per heavy atom. The highest BCUT2D eigenvalue weighted by molar-refractivity contribution is 5.66. The van der Waals surface area contributed by atoms with Gasteiger partial charge in [-0.15, -0.1) is 0 Å². The first-order valence-electron chi connectivity index (χ1n) is 21.6. The number of aliphatic hydroxyl groups is 2. The van der Waals surface area contributed by atoms with Gasteiger partial charge in [0.05, 0.1) is 36.6 Å². The predicted octanol–water partition coefficient (Wildman–Crippen LogP) is 6.28. The zero-order chi connectivity index (χ0) is 38.3. The molecule has 8 fully saturated rings. The summed E-state index contributed by atoms with van der Waals surface area (Å²) in [4.78, 5) is 17.3. The quantitative estimate of drug-likeness (QED) is 0.292. The molecule has 3 aliphatic heterocycles. The molecule has 8 rings (SSSR count). The van der Waals surface area contributed by atoms with Crippen LogP contribution in [0.15, 0.2) is 0 Å². The number of fused-ring (bicyclic) bond motifs is 4. The van der Waals surface area contributed by atoms with E-state index in [1.54, 1.807) is 13.8 Å². The van der Waals surface area contributed by atoms with E-state index in [-0.39, 0.29) is 57.5 Å². The number of esters is 1. The van der Waals surface area contributed by atoms with Crippen molar-refractivity contribution in [3.63, 3.8) is 0 Å². The van der Waals surface area contributed by atoms with E-state index >= 15 is 0 Å². The second-order valence-corrected chi connectivity index (χ2v) is 22.4. The van der Waals surface area contributed by atoms with Gasteiger partial charge >= 0.3 is 5.97 Å². The number of likely N-dealkylation sites (tertiary alicyclic amines) is 1. The third-order valence-corrected chi connectivity index (χ3v) is 17.9. The zero-order valence-corrected chi connectivity index (χ0v) is 35.1. The summed E-state index contributed by atoms with van der Waals surface area (Å²) in [5.41, 5.74) is -0.688. The van der Waals surface area contributed by atoms with Crippen molar-refractivity contribution in [1.29, 1.82) is 0 Å². The minimum Gasteiger partial charge on any atom is -0.457 e. The maximum atomic E-state index is 12.6. The van der Waals surface area contributed by atoms with Crippen LogP contribution in [0.1, 0.15) is 128 Å². The van der Waals surface area contributed by atoms with Gasteiger partial charge in [0.1, 0.15) is 0 Å². The number of hydrogen-bond acceptors (Lipinski definition) is 9. The monoisotopic (exact) mass is 743 g/mol. The standard InChI is InChI=1S/C44H74N2O7/c1-26-20-29(37(40(8,9)49)51-27(2)47)52-35-34(26)41(10)16-17-44-25-43(44)15-14-32(39(6,7)30(43)12-13-31(44)42(41,11)36(35)48)53-33-24-45(18-19-50-33)21-28-22-46(23-28)38(3,4)5/h26,28-37,48-49H,12-25H2,1-11H3/t26-,29?,30+,31?,32+,33+,34+,35?,36+,37+,41-,42-,43-,44+/m1/s1. The number of morpholine rings is 1. The summed E-state index contributed by atoms with van der Waals surface area (Å²) in [5.74, 6) is 1.87. The molecule has 53 heavy (non-hydrogen) atoms. The molecular formula is C44H74N2O7. The minimum atomic E-state index is -1.25. The van der Waals surface area contributed by atoms with Crippen LogP contribution in [0.4, 0.5) is 0 Å². The Labute approximate surface area is 320 Å². The molecule has 0 radical (unpaired) electrons. The molecule has 3 heterocycles. The third kappa shape index (κ3) is 5.72. The maximum Gasteiger partial charge on any atom is 0.303 e. The number of carbonyl (C=O) groups is 1. The van der Waals surface area contributed by atoms with Crippen molar-refractivity contribution < 1.29 is 34.0 Å². The van der Waals surface area contributed by atoms with Crippen molar-refractivity contribution in [3.8, 4) is 0 Å². The van der Waals surface area contributed by atoms with Crippen LogP contribution in [0.5, 0.6) is 0 Å².